The molecule has 1 aromatic heterocycles. The molecule has 0 aromatic carbocycles. The molecular weight excluding hydrogens is 246 g/mol. The fourth-order valence-electron chi connectivity index (χ4n) is 2.54. The van der Waals surface area contributed by atoms with Gasteiger partial charge in [-0.25, -0.2) is 0 Å². The first kappa shape index (κ1) is 13.7. The lowest BCUT2D eigenvalue weighted by Gasteiger charge is -2.21. The number of hydrogen-bond acceptors (Lipinski definition) is 2. The Morgan fingerprint density at radius 2 is 2.28 bits per heavy atom. The third-order valence-electron chi connectivity index (χ3n) is 3.50. The molecule has 100 valence electrons. The molecule has 2 rings (SSSR count). The average molecular weight is 268 g/mol. The summed E-state index contributed by atoms with van der Waals surface area (Å²) in [7, 11) is 0. The molecule has 1 atom stereocenters. The zero-order valence-electron chi connectivity index (χ0n) is 11.0. The second kappa shape index (κ2) is 7.01. The molecule has 0 aliphatic heterocycles. The lowest BCUT2D eigenvalue weighted by molar-refractivity contribution is 0.539. The van der Waals surface area contributed by atoms with E-state index in [1.165, 1.54) is 37.7 Å². The van der Waals surface area contributed by atoms with E-state index in [-0.39, 0.29) is 6.04 Å². The van der Waals surface area contributed by atoms with E-state index in [1.54, 1.807) is 6.26 Å². The van der Waals surface area contributed by atoms with Crippen LogP contribution in [0.4, 0.5) is 0 Å². The van der Waals surface area contributed by atoms with Gasteiger partial charge in [-0.2, -0.15) is 0 Å². The molecule has 0 amide bonds. The first-order valence-corrected chi connectivity index (χ1v) is 7.36. The normalized spacial score (nSPS) is 18.2. The molecule has 0 spiro atoms. The molecule has 1 unspecified atom stereocenters. The number of furan rings is 1. The first-order chi connectivity index (χ1) is 8.83. The molecule has 0 bridgehead atoms. The smallest absolute Gasteiger partial charge is 0.198 e. The van der Waals surface area contributed by atoms with Crippen molar-refractivity contribution in [2.24, 2.45) is 0 Å². The van der Waals surface area contributed by atoms with Crippen LogP contribution < -0.4 is 5.32 Å². The molecular formula is C15H22ClNO. The number of hydrogen-bond donors (Lipinski definition) is 1. The minimum absolute atomic E-state index is 0.231. The molecule has 0 saturated carbocycles. The van der Waals surface area contributed by atoms with Crippen LogP contribution in [0.3, 0.4) is 0 Å². The summed E-state index contributed by atoms with van der Waals surface area (Å²) in [5.41, 5.74) is 2.56. The Balaban J connectivity index is 2.18. The van der Waals surface area contributed by atoms with E-state index in [9.17, 15) is 0 Å². The standard InChI is InChI=1S/C15H22ClNO/c1-2-10-17-14(13-9-11-18-15(13)16)12-7-5-3-4-6-8-12/h7,9,11,14,17H,2-6,8,10H2,1H3. The van der Waals surface area contributed by atoms with Crippen LogP contribution >= 0.6 is 11.6 Å². The van der Waals surface area contributed by atoms with Crippen molar-refractivity contribution >= 4 is 11.6 Å². The van der Waals surface area contributed by atoms with E-state index in [4.69, 9.17) is 16.0 Å². The first-order valence-electron chi connectivity index (χ1n) is 6.98. The van der Waals surface area contributed by atoms with Gasteiger partial charge in [0.1, 0.15) is 0 Å². The Labute approximate surface area is 114 Å². The van der Waals surface area contributed by atoms with E-state index in [0.29, 0.717) is 5.22 Å². The van der Waals surface area contributed by atoms with Gasteiger partial charge in [-0.05, 0) is 56.3 Å². The number of rotatable bonds is 5. The highest BCUT2D eigenvalue weighted by Gasteiger charge is 2.21. The zero-order valence-corrected chi connectivity index (χ0v) is 11.8. The molecule has 1 N–H and O–H groups in total. The Kier molecular flexibility index (Phi) is 5.33. The van der Waals surface area contributed by atoms with Gasteiger partial charge in [0.2, 0.25) is 0 Å². The summed E-state index contributed by atoms with van der Waals surface area (Å²) < 4.78 is 5.25. The maximum Gasteiger partial charge on any atom is 0.198 e. The van der Waals surface area contributed by atoms with Gasteiger partial charge < -0.3 is 9.73 Å². The Hall–Kier alpha value is -0.730. The second-order valence-corrected chi connectivity index (χ2v) is 5.26. The summed E-state index contributed by atoms with van der Waals surface area (Å²) in [6, 6.07) is 2.22. The summed E-state index contributed by atoms with van der Waals surface area (Å²) in [5.74, 6) is 0. The molecule has 1 aliphatic carbocycles. The van der Waals surface area contributed by atoms with Gasteiger partial charge in [0, 0.05) is 5.56 Å². The Morgan fingerprint density at radius 1 is 1.39 bits per heavy atom. The van der Waals surface area contributed by atoms with Crippen molar-refractivity contribution in [2.45, 2.75) is 51.5 Å². The van der Waals surface area contributed by atoms with Crippen molar-refractivity contribution in [3.05, 3.63) is 34.8 Å². The predicted molar refractivity (Wildman–Crippen MR) is 75.9 cm³/mol. The maximum atomic E-state index is 6.14. The molecule has 2 nitrogen and oxygen atoms in total. The van der Waals surface area contributed by atoms with Gasteiger partial charge in [0.25, 0.3) is 0 Å². The van der Waals surface area contributed by atoms with Crippen molar-refractivity contribution in [1.82, 2.24) is 5.32 Å². The number of halogens is 1. The highest BCUT2D eigenvalue weighted by atomic mass is 35.5. The third-order valence-corrected chi connectivity index (χ3v) is 3.81. The van der Waals surface area contributed by atoms with E-state index < -0.39 is 0 Å². The monoisotopic (exact) mass is 267 g/mol. The summed E-state index contributed by atoms with van der Waals surface area (Å²) in [5, 5.41) is 4.12. The number of nitrogens with one attached hydrogen (secondary N) is 1. The highest BCUT2D eigenvalue weighted by Crippen LogP contribution is 2.33. The van der Waals surface area contributed by atoms with Crippen LogP contribution in [0.25, 0.3) is 0 Å². The van der Waals surface area contributed by atoms with Crippen molar-refractivity contribution in [3.8, 4) is 0 Å². The van der Waals surface area contributed by atoms with Crippen LogP contribution in [0.2, 0.25) is 5.22 Å². The van der Waals surface area contributed by atoms with E-state index in [1.807, 2.05) is 6.07 Å². The highest BCUT2D eigenvalue weighted by molar-refractivity contribution is 6.29. The van der Waals surface area contributed by atoms with Crippen molar-refractivity contribution in [2.75, 3.05) is 6.54 Å². The van der Waals surface area contributed by atoms with Crippen molar-refractivity contribution in [1.29, 1.82) is 0 Å². The van der Waals surface area contributed by atoms with Gasteiger partial charge >= 0.3 is 0 Å². The van der Waals surface area contributed by atoms with E-state index in [0.717, 1.165) is 18.5 Å². The maximum absolute atomic E-state index is 6.14. The predicted octanol–water partition coefficient (Wildman–Crippen LogP) is 4.86. The van der Waals surface area contributed by atoms with Crippen LogP contribution in [0, 0.1) is 0 Å². The minimum Gasteiger partial charge on any atom is -0.453 e. The average Bonchev–Trinajstić information content (AvgIpc) is 2.65. The molecule has 3 heteroatoms. The summed E-state index contributed by atoms with van der Waals surface area (Å²) in [6.07, 6.45) is 11.5. The molecule has 18 heavy (non-hydrogen) atoms. The van der Waals surface area contributed by atoms with Crippen LogP contribution in [-0.4, -0.2) is 6.54 Å². The lowest BCUT2D eigenvalue weighted by Crippen LogP contribution is -2.23. The topological polar surface area (TPSA) is 25.2 Å². The fourth-order valence-corrected chi connectivity index (χ4v) is 2.77. The lowest BCUT2D eigenvalue weighted by atomic mass is 9.97. The van der Waals surface area contributed by atoms with Gasteiger partial charge in [0.15, 0.2) is 5.22 Å². The SMILES string of the molecule is CCCNC(C1=CCCCCC1)c1ccoc1Cl. The Bertz CT molecular complexity index is 397. The Morgan fingerprint density at radius 3 is 3.00 bits per heavy atom. The molecule has 0 fully saturated rings. The van der Waals surface area contributed by atoms with E-state index in [2.05, 4.69) is 18.3 Å². The number of allylic oxidation sites excluding steroid dienone is 1. The van der Waals surface area contributed by atoms with Crippen LogP contribution in [0.5, 0.6) is 0 Å². The van der Waals surface area contributed by atoms with Gasteiger partial charge in [-0.1, -0.05) is 25.0 Å². The summed E-state index contributed by atoms with van der Waals surface area (Å²) >= 11 is 6.14. The zero-order chi connectivity index (χ0) is 12.8. The molecule has 1 aromatic rings. The van der Waals surface area contributed by atoms with Crippen LogP contribution in [0.1, 0.15) is 57.1 Å². The van der Waals surface area contributed by atoms with Gasteiger partial charge in [0.05, 0.1) is 12.3 Å². The van der Waals surface area contributed by atoms with Crippen LogP contribution in [0.15, 0.2) is 28.4 Å². The molecule has 1 heterocycles. The quantitative estimate of drug-likeness (QED) is 0.771. The third kappa shape index (κ3) is 3.39. The largest absolute Gasteiger partial charge is 0.453 e. The van der Waals surface area contributed by atoms with E-state index >= 15 is 0 Å². The molecule has 0 saturated heterocycles. The van der Waals surface area contributed by atoms with Gasteiger partial charge in [-0.3, -0.25) is 0 Å². The molecule has 0 radical (unpaired) electrons. The second-order valence-electron chi connectivity index (χ2n) is 4.92. The van der Waals surface area contributed by atoms with Crippen molar-refractivity contribution in [3.63, 3.8) is 0 Å². The van der Waals surface area contributed by atoms with Crippen LogP contribution in [-0.2, 0) is 0 Å². The summed E-state index contributed by atoms with van der Waals surface area (Å²) in [6.45, 7) is 3.19. The molecule has 1 aliphatic rings. The van der Waals surface area contributed by atoms with Gasteiger partial charge in [-0.15, -0.1) is 0 Å². The summed E-state index contributed by atoms with van der Waals surface area (Å²) in [4.78, 5) is 0. The van der Waals surface area contributed by atoms with Crippen molar-refractivity contribution < 1.29 is 4.42 Å². The fraction of sp³-hybridized carbons (Fsp3) is 0.600. The minimum atomic E-state index is 0.231.